The monoisotopic (exact) mass is 284 g/mol. The zero-order chi connectivity index (χ0) is 14.8. The summed E-state index contributed by atoms with van der Waals surface area (Å²) in [6.07, 6.45) is 1.66. The van der Waals surface area contributed by atoms with Gasteiger partial charge in [0.15, 0.2) is 5.69 Å². The van der Waals surface area contributed by atoms with Crippen LogP contribution >= 0.6 is 0 Å². The average molecular weight is 284 g/mol. The van der Waals surface area contributed by atoms with Crippen molar-refractivity contribution in [2.45, 2.75) is 0 Å². The van der Waals surface area contributed by atoms with E-state index >= 15 is 0 Å². The minimum atomic E-state index is -0.420. The Hall–Kier alpha value is -3.23. The molecule has 1 amide bonds. The van der Waals surface area contributed by atoms with E-state index in [-0.39, 0.29) is 11.6 Å². The van der Waals surface area contributed by atoms with Crippen LogP contribution in [0.5, 0.6) is 0 Å². The predicted molar refractivity (Wildman–Crippen MR) is 74.7 cm³/mol. The maximum Gasteiger partial charge on any atom is 0.278 e. The van der Waals surface area contributed by atoms with Crippen LogP contribution in [0.15, 0.2) is 36.5 Å². The van der Waals surface area contributed by atoms with Crippen LogP contribution in [0.1, 0.15) is 10.5 Å². The molecule has 0 radical (unpaired) electrons. The Morgan fingerprint density at radius 1 is 1.24 bits per heavy atom. The van der Waals surface area contributed by atoms with Gasteiger partial charge >= 0.3 is 0 Å². The van der Waals surface area contributed by atoms with Gasteiger partial charge in [0.2, 0.25) is 0 Å². The summed E-state index contributed by atoms with van der Waals surface area (Å²) >= 11 is 0. The highest BCUT2D eigenvalue weighted by Gasteiger charge is 2.13. The number of nitrogens with one attached hydrogen (secondary N) is 1. The van der Waals surface area contributed by atoms with Crippen LogP contribution in [0.25, 0.3) is 5.69 Å². The lowest BCUT2D eigenvalue weighted by atomic mass is 10.3. The highest BCUT2D eigenvalue weighted by atomic mass is 16.2. The Morgan fingerprint density at radius 3 is 2.76 bits per heavy atom. The Labute approximate surface area is 119 Å². The summed E-state index contributed by atoms with van der Waals surface area (Å²) in [4.78, 5) is 13.3. The van der Waals surface area contributed by atoms with Gasteiger partial charge in [0, 0.05) is 6.20 Å². The van der Waals surface area contributed by atoms with E-state index in [4.69, 9.17) is 5.73 Å². The van der Waals surface area contributed by atoms with Gasteiger partial charge in [-0.2, -0.15) is 9.90 Å². The third-order valence-corrected chi connectivity index (χ3v) is 2.74. The summed E-state index contributed by atoms with van der Waals surface area (Å²) in [5, 5.41) is 17.9. The molecule has 1 aromatic carbocycles. The topological polar surface area (TPSA) is 117 Å². The number of amides is 1. The van der Waals surface area contributed by atoms with E-state index in [2.05, 4.69) is 25.8 Å². The smallest absolute Gasteiger partial charge is 0.278 e. The molecule has 106 valence electrons. The van der Waals surface area contributed by atoms with Crippen LogP contribution < -0.4 is 11.1 Å². The Morgan fingerprint density at radius 2 is 2.05 bits per heavy atom. The number of carbonyl (C=O) groups excluding carboxylic acids is 1. The molecule has 2 aromatic heterocycles. The van der Waals surface area contributed by atoms with Gasteiger partial charge < -0.3 is 5.73 Å². The SMILES string of the molecule is Cn1nnc(NC(=O)c2ccn(-c3ccccc3N)n2)n1. The highest BCUT2D eigenvalue weighted by Crippen LogP contribution is 2.15. The van der Waals surface area contributed by atoms with E-state index in [1.165, 1.54) is 9.48 Å². The fraction of sp³-hybridized carbons (Fsp3) is 0.0833. The van der Waals surface area contributed by atoms with Gasteiger partial charge in [-0.15, -0.1) is 5.10 Å². The number of hydrogen-bond donors (Lipinski definition) is 2. The largest absolute Gasteiger partial charge is 0.397 e. The highest BCUT2D eigenvalue weighted by molar-refractivity contribution is 6.01. The molecule has 3 rings (SSSR count). The fourth-order valence-corrected chi connectivity index (χ4v) is 1.78. The van der Waals surface area contributed by atoms with Gasteiger partial charge in [0.05, 0.1) is 18.4 Å². The number of rotatable bonds is 3. The number of anilines is 2. The first-order valence-electron chi connectivity index (χ1n) is 6.09. The number of nitrogens with two attached hydrogens (primary N) is 1. The number of carbonyl (C=O) groups is 1. The number of nitrogen functional groups attached to an aromatic ring is 1. The number of para-hydroxylation sites is 2. The maximum absolute atomic E-state index is 12.0. The summed E-state index contributed by atoms with van der Waals surface area (Å²) in [5.74, 6) is -0.299. The van der Waals surface area contributed by atoms with Crippen LogP contribution in [0.4, 0.5) is 11.6 Å². The molecule has 9 heteroatoms. The van der Waals surface area contributed by atoms with Crippen molar-refractivity contribution in [1.82, 2.24) is 30.0 Å². The van der Waals surface area contributed by atoms with E-state index < -0.39 is 5.91 Å². The number of benzene rings is 1. The summed E-state index contributed by atoms with van der Waals surface area (Å²) < 4.78 is 1.54. The molecular formula is C12H12N8O. The zero-order valence-electron chi connectivity index (χ0n) is 11.1. The molecule has 0 aliphatic heterocycles. The molecule has 0 saturated heterocycles. The number of hydrogen-bond acceptors (Lipinski definition) is 6. The van der Waals surface area contributed by atoms with Crippen molar-refractivity contribution in [3.05, 3.63) is 42.2 Å². The molecule has 0 aliphatic rings. The van der Waals surface area contributed by atoms with Gasteiger partial charge in [-0.25, -0.2) is 4.68 Å². The molecule has 0 saturated carbocycles. The predicted octanol–water partition coefficient (Wildman–Crippen LogP) is 0.230. The summed E-state index contributed by atoms with van der Waals surface area (Å²) in [6, 6.07) is 8.83. The van der Waals surface area contributed by atoms with Gasteiger partial charge in [0.1, 0.15) is 0 Å². The van der Waals surface area contributed by atoms with Crippen molar-refractivity contribution >= 4 is 17.5 Å². The fourth-order valence-electron chi connectivity index (χ4n) is 1.78. The van der Waals surface area contributed by atoms with Crippen molar-refractivity contribution in [2.75, 3.05) is 11.1 Å². The van der Waals surface area contributed by atoms with Crippen LogP contribution in [0.2, 0.25) is 0 Å². The van der Waals surface area contributed by atoms with Gasteiger partial charge in [-0.3, -0.25) is 10.1 Å². The van der Waals surface area contributed by atoms with Crippen molar-refractivity contribution < 1.29 is 4.79 Å². The number of nitrogens with zero attached hydrogens (tertiary/aromatic N) is 6. The third kappa shape index (κ3) is 2.56. The zero-order valence-corrected chi connectivity index (χ0v) is 11.1. The number of aromatic nitrogens is 6. The molecule has 2 heterocycles. The molecule has 9 nitrogen and oxygen atoms in total. The number of tetrazole rings is 1. The van der Waals surface area contributed by atoms with Crippen molar-refractivity contribution in [3.63, 3.8) is 0 Å². The molecule has 0 spiro atoms. The quantitative estimate of drug-likeness (QED) is 0.665. The lowest BCUT2D eigenvalue weighted by Crippen LogP contribution is -2.14. The maximum atomic E-state index is 12.0. The van der Waals surface area contributed by atoms with E-state index in [0.29, 0.717) is 11.4 Å². The molecular weight excluding hydrogens is 272 g/mol. The minimum absolute atomic E-state index is 0.122. The Kier molecular flexibility index (Phi) is 3.07. The standard InChI is InChI=1S/C12H12N8O/c1-19-17-12(15-18-19)14-11(21)9-6-7-20(16-9)10-5-3-2-4-8(10)13/h2-7H,13H2,1H3,(H,14,17,21). The van der Waals surface area contributed by atoms with Gasteiger partial charge in [-0.05, 0) is 23.4 Å². The lowest BCUT2D eigenvalue weighted by molar-refractivity contribution is 0.102. The summed E-state index contributed by atoms with van der Waals surface area (Å²) in [7, 11) is 1.61. The van der Waals surface area contributed by atoms with E-state index in [0.717, 1.165) is 0 Å². The minimum Gasteiger partial charge on any atom is -0.397 e. The molecule has 3 aromatic rings. The second-order valence-corrected chi connectivity index (χ2v) is 4.26. The Bertz CT molecular complexity index is 790. The second-order valence-electron chi connectivity index (χ2n) is 4.26. The summed E-state index contributed by atoms with van der Waals surface area (Å²) in [6.45, 7) is 0. The first-order valence-corrected chi connectivity index (χ1v) is 6.09. The normalized spacial score (nSPS) is 10.5. The van der Waals surface area contributed by atoms with Crippen LogP contribution in [-0.2, 0) is 7.05 Å². The van der Waals surface area contributed by atoms with E-state index in [1.807, 2.05) is 18.2 Å². The van der Waals surface area contributed by atoms with Crippen molar-refractivity contribution in [1.29, 1.82) is 0 Å². The molecule has 0 bridgehead atoms. The molecule has 21 heavy (non-hydrogen) atoms. The van der Waals surface area contributed by atoms with Gasteiger partial charge in [-0.1, -0.05) is 17.2 Å². The van der Waals surface area contributed by atoms with Crippen molar-refractivity contribution in [3.8, 4) is 5.69 Å². The molecule has 0 unspecified atom stereocenters. The number of aryl methyl sites for hydroxylation is 1. The lowest BCUT2D eigenvalue weighted by Gasteiger charge is -2.04. The molecule has 3 N–H and O–H groups in total. The first-order chi connectivity index (χ1) is 10.1. The second kappa shape index (κ2) is 5.04. The third-order valence-electron chi connectivity index (χ3n) is 2.74. The molecule has 0 atom stereocenters. The van der Waals surface area contributed by atoms with E-state index in [1.54, 1.807) is 25.4 Å². The van der Waals surface area contributed by atoms with Crippen LogP contribution in [0.3, 0.4) is 0 Å². The van der Waals surface area contributed by atoms with Crippen molar-refractivity contribution in [2.24, 2.45) is 7.05 Å². The average Bonchev–Trinajstić information content (AvgIpc) is 3.09. The Balaban J connectivity index is 1.82. The van der Waals surface area contributed by atoms with Gasteiger partial charge in [0.25, 0.3) is 11.9 Å². The van der Waals surface area contributed by atoms with E-state index in [9.17, 15) is 4.79 Å². The summed E-state index contributed by atoms with van der Waals surface area (Å²) in [5.41, 5.74) is 7.37. The first kappa shape index (κ1) is 12.8. The molecule has 0 fully saturated rings. The van der Waals surface area contributed by atoms with Crippen LogP contribution in [0, 0.1) is 0 Å². The van der Waals surface area contributed by atoms with Crippen LogP contribution in [-0.4, -0.2) is 35.9 Å². The molecule has 0 aliphatic carbocycles.